The molecule has 0 aromatic heterocycles. The Kier molecular flexibility index (Phi) is 4.68. The van der Waals surface area contributed by atoms with Gasteiger partial charge in [-0.2, -0.15) is 0 Å². The summed E-state index contributed by atoms with van der Waals surface area (Å²) < 4.78 is 0. The predicted molar refractivity (Wildman–Crippen MR) is 75.4 cm³/mol. The summed E-state index contributed by atoms with van der Waals surface area (Å²) in [5, 5.41) is 2.84. The Labute approximate surface area is 113 Å². The number of rotatable bonds is 4. The van der Waals surface area contributed by atoms with Crippen LogP contribution in [0.4, 0.5) is 5.69 Å². The summed E-state index contributed by atoms with van der Waals surface area (Å²) in [5.41, 5.74) is 1.17. The van der Waals surface area contributed by atoms with Crippen LogP contribution in [0.25, 0.3) is 0 Å². The van der Waals surface area contributed by atoms with Gasteiger partial charge in [-0.25, -0.2) is 0 Å². The average molecular weight is 260 g/mol. The Balaban J connectivity index is 1.96. The van der Waals surface area contributed by atoms with Crippen molar-refractivity contribution in [2.24, 2.45) is 0 Å². The summed E-state index contributed by atoms with van der Waals surface area (Å²) in [6.07, 6.45) is 3.58. The highest BCUT2D eigenvalue weighted by atomic mass is 16.2. The van der Waals surface area contributed by atoms with E-state index in [-0.39, 0.29) is 11.7 Å². The Hall–Kier alpha value is -1.68. The number of ketones is 1. The van der Waals surface area contributed by atoms with Crippen LogP contribution in [0.3, 0.4) is 0 Å². The van der Waals surface area contributed by atoms with Gasteiger partial charge in [0, 0.05) is 5.56 Å². The van der Waals surface area contributed by atoms with Crippen molar-refractivity contribution < 1.29 is 9.59 Å². The molecule has 0 saturated carbocycles. The number of nitrogens with zero attached hydrogens (tertiary/aromatic N) is 1. The first-order chi connectivity index (χ1) is 9.16. The van der Waals surface area contributed by atoms with E-state index >= 15 is 0 Å². The lowest BCUT2D eigenvalue weighted by atomic mass is 10.1. The fraction of sp³-hybridized carbons (Fsp3) is 0.467. The molecule has 1 amide bonds. The summed E-state index contributed by atoms with van der Waals surface area (Å²) in [6, 6.07) is 7.13. The Bertz CT molecular complexity index is 465. The van der Waals surface area contributed by atoms with Crippen molar-refractivity contribution in [1.29, 1.82) is 0 Å². The normalized spacial score (nSPS) is 16.1. The highest BCUT2D eigenvalue weighted by Crippen LogP contribution is 2.16. The van der Waals surface area contributed by atoms with Gasteiger partial charge in [-0.1, -0.05) is 18.6 Å². The molecule has 0 aliphatic carbocycles. The number of hydrogen-bond donors (Lipinski definition) is 1. The molecule has 0 radical (unpaired) electrons. The molecule has 1 aliphatic rings. The number of carbonyl (C=O) groups is 2. The van der Waals surface area contributed by atoms with Gasteiger partial charge in [-0.3, -0.25) is 14.5 Å². The van der Waals surface area contributed by atoms with Crippen LogP contribution in [0.1, 0.15) is 36.5 Å². The van der Waals surface area contributed by atoms with Crippen LogP contribution in [0, 0.1) is 0 Å². The topological polar surface area (TPSA) is 49.4 Å². The van der Waals surface area contributed by atoms with E-state index in [0.29, 0.717) is 17.8 Å². The molecule has 1 aromatic rings. The number of benzene rings is 1. The van der Waals surface area contributed by atoms with Crippen molar-refractivity contribution >= 4 is 17.4 Å². The quantitative estimate of drug-likeness (QED) is 0.845. The Morgan fingerprint density at radius 2 is 1.84 bits per heavy atom. The molecule has 1 aromatic carbocycles. The lowest BCUT2D eigenvalue weighted by molar-refractivity contribution is -0.117. The van der Waals surface area contributed by atoms with Crippen molar-refractivity contribution in [3.63, 3.8) is 0 Å². The highest BCUT2D eigenvalue weighted by Gasteiger charge is 2.15. The van der Waals surface area contributed by atoms with E-state index in [2.05, 4.69) is 10.2 Å². The minimum Gasteiger partial charge on any atom is -0.324 e. The van der Waals surface area contributed by atoms with Crippen LogP contribution in [0.15, 0.2) is 24.3 Å². The van der Waals surface area contributed by atoms with E-state index < -0.39 is 0 Å². The van der Waals surface area contributed by atoms with Gasteiger partial charge in [-0.15, -0.1) is 0 Å². The zero-order valence-electron chi connectivity index (χ0n) is 11.3. The van der Waals surface area contributed by atoms with Crippen LogP contribution in [-0.2, 0) is 4.79 Å². The molecule has 19 heavy (non-hydrogen) atoms. The molecule has 102 valence electrons. The monoisotopic (exact) mass is 260 g/mol. The Morgan fingerprint density at radius 1 is 1.16 bits per heavy atom. The molecule has 4 nitrogen and oxygen atoms in total. The zero-order chi connectivity index (χ0) is 13.7. The number of nitrogens with one attached hydrogen (secondary N) is 1. The minimum absolute atomic E-state index is 0.0335. The number of piperidine rings is 1. The average Bonchev–Trinajstić information content (AvgIpc) is 2.40. The van der Waals surface area contributed by atoms with Gasteiger partial charge in [0.1, 0.15) is 0 Å². The van der Waals surface area contributed by atoms with Crippen molar-refractivity contribution in [1.82, 2.24) is 4.90 Å². The second kappa shape index (κ2) is 6.48. The van der Waals surface area contributed by atoms with Gasteiger partial charge >= 0.3 is 0 Å². The number of Topliss-reactive ketones (excluding diaryl/α,β-unsaturated/α-hetero) is 1. The molecular weight excluding hydrogens is 240 g/mol. The SMILES string of the molecule is CC(=O)c1ccccc1NC(=O)CN1CCCCC1. The maximum Gasteiger partial charge on any atom is 0.238 e. The van der Waals surface area contributed by atoms with Crippen molar-refractivity contribution in [2.45, 2.75) is 26.2 Å². The summed E-state index contributed by atoms with van der Waals surface area (Å²) >= 11 is 0. The van der Waals surface area contributed by atoms with E-state index in [1.807, 2.05) is 6.07 Å². The first-order valence-corrected chi connectivity index (χ1v) is 6.79. The lowest BCUT2D eigenvalue weighted by Crippen LogP contribution is -2.37. The second-order valence-electron chi connectivity index (χ2n) is 4.99. The third kappa shape index (κ3) is 3.89. The predicted octanol–water partition coefficient (Wildman–Crippen LogP) is 2.31. The smallest absolute Gasteiger partial charge is 0.238 e. The van der Waals surface area contributed by atoms with Gasteiger partial charge < -0.3 is 5.32 Å². The fourth-order valence-corrected chi connectivity index (χ4v) is 2.41. The summed E-state index contributed by atoms with van der Waals surface area (Å²) in [5.74, 6) is -0.0792. The summed E-state index contributed by atoms with van der Waals surface area (Å²) in [4.78, 5) is 25.6. The number of amides is 1. The molecule has 0 atom stereocenters. The molecule has 1 aliphatic heterocycles. The second-order valence-corrected chi connectivity index (χ2v) is 4.99. The Morgan fingerprint density at radius 3 is 2.53 bits per heavy atom. The molecule has 0 unspecified atom stereocenters. The van der Waals surface area contributed by atoms with E-state index in [9.17, 15) is 9.59 Å². The van der Waals surface area contributed by atoms with Crippen LogP contribution in [-0.4, -0.2) is 36.2 Å². The van der Waals surface area contributed by atoms with E-state index in [1.165, 1.54) is 13.3 Å². The maximum atomic E-state index is 12.0. The first-order valence-electron chi connectivity index (χ1n) is 6.79. The van der Waals surface area contributed by atoms with Gasteiger partial charge in [0.2, 0.25) is 5.91 Å². The van der Waals surface area contributed by atoms with E-state index in [0.717, 1.165) is 25.9 Å². The third-order valence-corrected chi connectivity index (χ3v) is 3.40. The van der Waals surface area contributed by atoms with Crippen LogP contribution in [0.5, 0.6) is 0 Å². The van der Waals surface area contributed by atoms with E-state index in [4.69, 9.17) is 0 Å². The van der Waals surface area contributed by atoms with Gasteiger partial charge in [0.25, 0.3) is 0 Å². The molecule has 1 saturated heterocycles. The standard InChI is InChI=1S/C15H20N2O2/c1-12(18)13-7-3-4-8-14(13)16-15(19)11-17-9-5-2-6-10-17/h3-4,7-8H,2,5-6,9-11H2,1H3,(H,16,19). The third-order valence-electron chi connectivity index (χ3n) is 3.40. The number of likely N-dealkylation sites (tertiary alicyclic amines) is 1. The van der Waals surface area contributed by atoms with Crippen LogP contribution >= 0.6 is 0 Å². The summed E-state index contributed by atoms with van der Waals surface area (Å²) in [7, 11) is 0. The number of hydrogen-bond acceptors (Lipinski definition) is 3. The fourth-order valence-electron chi connectivity index (χ4n) is 2.41. The van der Waals surface area contributed by atoms with E-state index in [1.54, 1.807) is 18.2 Å². The molecule has 1 fully saturated rings. The molecule has 0 spiro atoms. The van der Waals surface area contributed by atoms with Crippen molar-refractivity contribution in [3.8, 4) is 0 Å². The molecule has 0 bridgehead atoms. The van der Waals surface area contributed by atoms with Crippen molar-refractivity contribution in [2.75, 3.05) is 25.0 Å². The molecule has 1 heterocycles. The molecule has 1 N–H and O–H groups in total. The van der Waals surface area contributed by atoms with Crippen LogP contribution < -0.4 is 5.32 Å². The summed E-state index contributed by atoms with van der Waals surface area (Å²) in [6.45, 7) is 3.89. The largest absolute Gasteiger partial charge is 0.324 e. The minimum atomic E-state index is -0.0457. The number of anilines is 1. The zero-order valence-corrected chi connectivity index (χ0v) is 11.3. The maximum absolute atomic E-state index is 12.0. The first kappa shape index (κ1) is 13.7. The highest BCUT2D eigenvalue weighted by molar-refractivity contribution is 6.04. The molecule has 2 rings (SSSR count). The molecular formula is C15H20N2O2. The number of para-hydroxylation sites is 1. The van der Waals surface area contributed by atoms with Gasteiger partial charge in [0.05, 0.1) is 12.2 Å². The van der Waals surface area contributed by atoms with Crippen LogP contribution in [0.2, 0.25) is 0 Å². The lowest BCUT2D eigenvalue weighted by Gasteiger charge is -2.25. The number of carbonyl (C=O) groups excluding carboxylic acids is 2. The van der Waals surface area contributed by atoms with Crippen molar-refractivity contribution in [3.05, 3.63) is 29.8 Å². The van der Waals surface area contributed by atoms with Gasteiger partial charge in [-0.05, 0) is 45.0 Å². The van der Waals surface area contributed by atoms with Gasteiger partial charge in [0.15, 0.2) is 5.78 Å². The molecule has 4 heteroatoms.